The smallest absolute Gasteiger partial charge is 0.462 e. The number of rotatable bonds is 14. The summed E-state index contributed by atoms with van der Waals surface area (Å²) in [6.07, 6.45) is -3.63. The van der Waals surface area contributed by atoms with Gasteiger partial charge in [0.1, 0.15) is 48.5 Å². The monoisotopic (exact) mass is 634 g/mol. The predicted octanol–water partition coefficient (Wildman–Crippen LogP) is 2.30. The minimum Gasteiger partial charge on any atom is -0.497 e. The maximum atomic E-state index is 14.8. The van der Waals surface area contributed by atoms with Gasteiger partial charge >= 0.3 is 13.7 Å². The summed E-state index contributed by atoms with van der Waals surface area (Å²) in [5, 5.41) is 34.4. The first-order chi connectivity index (χ1) is 21.2. The Morgan fingerprint density at radius 2 is 1.84 bits per heavy atom. The molecule has 13 nitrogen and oxygen atoms in total. The van der Waals surface area contributed by atoms with E-state index in [2.05, 4.69) is 11.9 Å². The third-order valence-electron chi connectivity index (χ3n) is 7.35. The second-order valence-electron chi connectivity index (χ2n) is 10.4. The maximum absolute atomic E-state index is 14.8. The normalized spacial score (nSPS) is 26.7. The van der Waals surface area contributed by atoms with Crippen LogP contribution in [0.5, 0.6) is 11.5 Å². The molecule has 0 aliphatic carbocycles. The lowest BCUT2D eigenvalue weighted by molar-refractivity contribution is -0.250. The number of hydrogen-bond acceptors (Lipinski definition) is 11. The summed E-state index contributed by atoms with van der Waals surface area (Å²) in [5.74, 6) is -0.526. The van der Waals surface area contributed by atoms with Crippen LogP contribution in [0.4, 0.5) is 0 Å². The predicted molar refractivity (Wildman–Crippen MR) is 157 cm³/mol. The SMILES string of the molecule is C=CCCC(=O)N[C@@H]1[C@@H](O)[C@H](OP(=O)(Oc2ccc(OC)cc2)N2CCCC2C(=O)OCc2ccccc2)[C@@H](CO)O[C@@H]1O. The van der Waals surface area contributed by atoms with E-state index in [4.69, 9.17) is 23.3 Å². The van der Waals surface area contributed by atoms with E-state index in [9.17, 15) is 29.5 Å². The van der Waals surface area contributed by atoms with Crippen LogP contribution in [-0.4, -0.2) is 88.8 Å². The van der Waals surface area contributed by atoms with Crippen LogP contribution in [0.2, 0.25) is 0 Å². The number of esters is 1. The van der Waals surface area contributed by atoms with Gasteiger partial charge in [-0.1, -0.05) is 36.4 Å². The van der Waals surface area contributed by atoms with E-state index in [0.717, 1.165) is 5.56 Å². The summed E-state index contributed by atoms with van der Waals surface area (Å²) >= 11 is 0. The number of benzene rings is 2. The van der Waals surface area contributed by atoms with Gasteiger partial charge in [-0.05, 0) is 49.1 Å². The molecule has 2 heterocycles. The lowest BCUT2D eigenvalue weighted by Gasteiger charge is -2.44. The second kappa shape index (κ2) is 15.6. The molecule has 2 saturated heterocycles. The molecule has 7 atom stereocenters. The molecule has 2 fully saturated rings. The highest BCUT2D eigenvalue weighted by Gasteiger charge is 2.53. The topological polar surface area (TPSA) is 173 Å². The maximum Gasteiger partial charge on any atom is 0.462 e. The molecular weight excluding hydrogens is 595 g/mol. The molecule has 0 bridgehead atoms. The van der Waals surface area contributed by atoms with Crippen LogP contribution in [0.1, 0.15) is 31.2 Å². The third kappa shape index (κ3) is 8.24. The van der Waals surface area contributed by atoms with Gasteiger partial charge in [0.2, 0.25) is 5.91 Å². The number of nitrogens with zero attached hydrogens (tertiary/aromatic N) is 1. The zero-order chi connectivity index (χ0) is 31.7. The van der Waals surface area contributed by atoms with E-state index < -0.39 is 62.9 Å². The van der Waals surface area contributed by atoms with E-state index in [1.165, 1.54) is 23.9 Å². The summed E-state index contributed by atoms with van der Waals surface area (Å²) in [5.41, 5.74) is 0.771. The van der Waals surface area contributed by atoms with Crippen LogP contribution in [0.3, 0.4) is 0 Å². The van der Waals surface area contributed by atoms with Crippen LogP contribution in [0.25, 0.3) is 0 Å². The molecule has 0 saturated carbocycles. The molecule has 2 aliphatic rings. The Morgan fingerprint density at radius 1 is 1.14 bits per heavy atom. The number of aliphatic hydroxyl groups is 3. The standard InChI is InChI=1S/C30H39N2O11P/c1-3-4-12-25(34)31-26-27(35)28(24(18-33)41-30(26)37)43-44(38,42-22-15-13-21(39-2)14-16-22)32-17-8-11-23(32)29(36)40-19-20-9-6-5-7-10-20/h3,5-7,9-10,13-16,23-24,26-28,30,33,35,37H,1,4,8,11-12,17-19H2,2H3,(H,31,34)/t23?,24-,26-,27-,28-,30+,44?/m1/s1. The van der Waals surface area contributed by atoms with E-state index in [-0.39, 0.29) is 25.3 Å². The van der Waals surface area contributed by atoms with E-state index in [1.807, 2.05) is 18.2 Å². The fraction of sp³-hybridized carbons (Fsp3) is 0.467. The van der Waals surface area contributed by atoms with E-state index >= 15 is 0 Å². The van der Waals surface area contributed by atoms with Gasteiger partial charge in [-0.2, -0.15) is 4.67 Å². The Kier molecular flexibility index (Phi) is 11.9. The number of aliphatic hydroxyl groups excluding tert-OH is 3. The van der Waals surface area contributed by atoms with Gasteiger partial charge in [-0.25, -0.2) is 4.57 Å². The summed E-state index contributed by atoms with van der Waals surface area (Å²) < 4.78 is 44.2. The Hall–Kier alpha value is -3.29. The quantitative estimate of drug-likeness (QED) is 0.136. The lowest BCUT2D eigenvalue weighted by atomic mass is 9.97. The molecular formula is C30H39N2O11P. The fourth-order valence-electron chi connectivity index (χ4n) is 5.03. The second-order valence-corrected chi connectivity index (χ2v) is 12.2. The summed E-state index contributed by atoms with van der Waals surface area (Å²) in [6.45, 7) is 2.96. The van der Waals surface area contributed by atoms with Gasteiger partial charge in [0.25, 0.3) is 0 Å². The number of ether oxygens (including phenoxy) is 3. The number of allylic oxidation sites excluding steroid dienone is 1. The van der Waals surface area contributed by atoms with Crippen molar-refractivity contribution in [3.05, 3.63) is 72.8 Å². The first kappa shape index (κ1) is 33.6. The molecule has 2 aromatic rings. The molecule has 44 heavy (non-hydrogen) atoms. The highest BCUT2D eigenvalue weighted by atomic mass is 31.2. The average molecular weight is 635 g/mol. The zero-order valence-corrected chi connectivity index (χ0v) is 25.3. The Morgan fingerprint density at radius 3 is 2.50 bits per heavy atom. The minimum atomic E-state index is -4.54. The van der Waals surface area contributed by atoms with Crippen molar-refractivity contribution >= 4 is 19.6 Å². The highest BCUT2D eigenvalue weighted by Crippen LogP contribution is 2.57. The highest BCUT2D eigenvalue weighted by molar-refractivity contribution is 7.51. The molecule has 0 radical (unpaired) electrons. The number of methoxy groups -OCH3 is 1. The van der Waals surface area contributed by atoms with Crippen molar-refractivity contribution in [2.45, 2.75) is 69.0 Å². The van der Waals surface area contributed by atoms with Crippen LogP contribution in [0.15, 0.2) is 67.3 Å². The van der Waals surface area contributed by atoms with Crippen molar-refractivity contribution in [1.29, 1.82) is 0 Å². The molecule has 2 unspecified atom stereocenters. The Bertz CT molecular complexity index is 1300. The molecule has 4 rings (SSSR count). The van der Waals surface area contributed by atoms with Gasteiger partial charge in [0.15, 0.2) is 6.29 Å². The van der Waals surface area contributed by atoms with Crippen LogP contribution < -0.4 is 14.6 Å². The van der Waals surface area contributed by atoms with Crippen LogP contribution >= 0.6 is 7.75 Å². The molecule has 0 spiro atoms. The largest absolute Gasteiger partial charge is 0.497 e. The summed E-state index contributed by atoms with van der Waals surface area (Å²) in [4.78, 5) is 25.7. The van der Waals surface area contributed by atoms with Gasteiger partial charge < -0.3 is 39.4 Å². The van der Waals surface area contributed by atoms with Crippen LogP contribution in [-0.2, 0) is 34.8 Å². The number of carbonyl (C=O) groups excluding carboxylic acids is 2. The molecule has 240 valence electrons. The molecule has 14 heteroatoms. The van der Waals surface area contributed by atoms with E-state index in [1.54, 1.807) is 30.3 Å². The number of carbonyl (C=O) groups is 2. The zero-order valence-electron chi connectivity index (χ0n) is 24.4. The minimum absolute atomic E-state index is 0.00138. The molecule has 2 aliphatic heterocycles. The molecule has 0 aromatic heterocycles. The summed E-state index contributed by atoms with van der Waals surface area (Å²) in [7, 11) is -3.05. The Balaban J connectivity index is 1.61. The molecule has 1 amide bonds. The Labute approximate surface area is 255 Å². The molecule has 4 N–H and O–H groups in total. The first-order valence-electron chi connectivity index (χ1n) is 14.3. The number of hydrogen-bond donors (Lipinski definition) is 4. The van der Waals surface area contributed by atoms with Gasteiger partial charge in [0, 0.05) is 13.0 Å². The van der Waals surface area contributed by atoms with Gasteiger partial charge in [-0.15, -0.1) is 6.58 Å². The first-order valence-corrected chi connectivity index (χ1v) is 15.8. The molecule has 2 aromatic carbocycles. The number of amides is 1. The van der Waals surface area contributed by atoms with Crippen molar-refractivity contribution in [3.8, 4) is 11.5 Å². The van der Waals surface area contributed by atoms with E-state index in [0.29, 0.717) is 25.0 Å². The van der Waals surface area contributed by atoms with Crippen molar-refractivity contribution in [2.24, 2.45) is 0 Å². The van der Waals surface area contributed by atoms with Crippen molar-refractivity contribution in [3.63, 3.8) is 0 Å². The summed E-state index contributed by atoms with van der Waals surface area (Å²) in [6, 6.07) is 12.8. The van der Waals surface area contributed by atoms with Crippen molar-refractivity contribution < 1.29 is 52.7 Å². The number of nitrogens with one attached hydrogen (secondary N) is 1. The van der Waals surface area contributed by atoms with Gasteiger partial charge in [0.05, 0.1) is 13.7 Å². The lowest BCUT2D eigenvalue weighted by Crippen LogP contribution is -2.64. The average Bonchev–Trinajstić information content (AvgIpc) is 3.54. The van der Waals surface area contributed by atoms with Crippen molar-refractivity contribution in [2.75, 3.05) is 20.3 Å². The van der Waals surface area contributed by atoms with Gasteiger partial charge in [-0.3, -0.25) is 14.1 Å². The van der Waals surface area contributed by atoms with Crippen LogP contribution in [0, 0.1) is 0 Å². The fourth-order valence-corrected chi connectivity index (χ4v) is 7.19. The third-order valence-corrected chi connectivity index (χ3v) is 9.41. The van der Waals surface area contributed by atoms with Crippen molar-refractivity contribution in [1.82, 2.24) is 9.99 Å².